The molecular weight excluding hydrogens is 491 g/mol. The molecule has 1 heterocycles. The van der Waals surface area contributed by atoms with Gasteiger partial charge in [0, 0.05) is 34.1 Å². The summed E-state index contributed by atoms with van der Waals surface area (Å²) >= 11 is 3.58. The SMILES string of the molecule is C[SiH](C)OC(C)(CC(C)(C)C)Oc1cc(I)cc(C(=O)Nc2nccs2)c1. The quantitative estimate of drug-likeness (QED) is 0.298. The number of hydrogen-bond acceptors (Lipinski definition) is 5. The minimum Gasteiger partial charge on any atom is -0.464 e. The van der Waals surface area contributed by atoms with Crippen LogP contribution in [-0.4, -0.2) is 25.7 Å². The first kappa shape index (κ1) is 22.3. The maximum atomic E-state index is 12.6. The van der Waals surface area contributed by atoms with E-state index in [1.807, 2.05) is 24.4 Å². The number of carbonyl (C=O) groups excluding carboxylic acids is 1. The summed E-state index contributed by atoms with van der Waals surface area (Å²) in [5.41, 5.74) is 0.581. The van der Waals surface area contributed by atoms with Gasteiger partial charge in [-0.1, -0.05) is 20.8 Å². The topological polar surface area (TPSA) is 60.5 Å². The van der Waals surface area contributed by atoms with Gasteiger partial charge < -0.3 is 9.16 Å². The predicted octanol–water partition coefficient (Wildman–Crippen LogP) is 5.53. The number of thiazole rings is 1. The summed E-state index contributed by atoms with van der Waals surface area (Å²) in [6.07, 6.45) is 2.41. The maximum Gasteiger partial charge on any atom is 0.257 e. The summed E-state index contributed by atoms with van der Waals surface area (Å²) < 4.78 is 13.5. The predicted molar refractivity (Wildman–Crippen MR) is 122 cm³/mol. The molecule has 1 aromatic heterocycles. The summed E-state index contributed by atoms with van der Waals surface area (Å²) in [6.45, 7) is 12.8. The third-order valence-electron chi connectivity index (χ3n) is 3.46. The van der Waals surface area contributed by atoms with Gasteiger partial charge in [-0.15, -0.1) is 11.3 Å². The zero-order chi connectivity index (χ0) is 20.2. The first-order valence-electron chi connectivity index (χ1n) is 8.84. The molecule has 148 valence electrons. The molecule has 0 bridgehead atoms. The summed E-state index contributed by atoms with van der Waals surface area (Å²) in [7, 11) is -1.32. The van der Waals surface area contributed by atoms with E-state index in [1.165, 1.54) is 11.3 Å². The minimum absolute atomic E-state index is 0.0466. The van der Waals surface area contributed by atoms with Crippen LogP contribution in [0.25, 0.3) is 0 Å². The Morgan fingerprint density at radius 1 is 1.26 bits per heavy atom. The molecule has 0 saturated carbocycles. The van der Waals surface area contributed by atoms with E-state index in [1.54, 1.807) is 12.3 Å². The van der Waals surface area contributed by atoms with Crippen LogP contribution in [-0.2, 0) is 4.43 Å². The average Bonchev–Trinajstić information content (AvgIpc) is 2.95. The molecule has 2 aromatic rings. The molecule has 1 N–H and O–H groups in total. The third kappa shape index (κ3) is 7.51. The molecular formula is C19H27IN2O3SSi. The second-order valence-corrected chi connectivity index (χ2v) is 12.6. The van der Waals surface area contributed by atoms with Crippen LogP contribution < -0.4 is 10.1 Å². The van der Waals surface area contributed by atoms with E-state index in [4.69, 9.17) is 9.16 Å². The second-order valence-electron chi connectivity index (χ2n) is 8.11. The number of rotatable bonds is 7. The van der Waals surface area contributed by atoms with Crippen molar-refractivity contribution in [3.05, 3.63) is 38.9 Å². The van der Waals surface area contributed by atoms with Gasteiger partial charge in [0.2, 0.25) is 0 Å². The number of carbonyl (C=O) groups is 1. The summed E-state index contributed by atoms with van der Waals surface area (Å²) in [5.74, 6) is -0.302. The Hall–Kier alpha value is -0.973. The number of hydrogen-bond donors (Lipinski definition) is 1. The molecule has 1 amide bonds. The summed E-state index contributed by atoms with van der Waals surface area (Å²) in [4.78, 5) is 16.7. The van der Waals surface area contributed by atoms with E-state index in [9.17, 15) is 4.79 Å². The standard InChI is InChI=1S/C19H27IN2O3SSi/c1-18(2,3)12-19(4,25-27(5)6)24-15-10-13(9-14(20)11-15)16(23)22-17-21-7-8-26-17/h7-11,27H,12H2,1-6H3,(H,21,22,23). The van der Waals surface area contributed by atoms with Gasteiger partial charge in [0.25, 0.3) is 5.91 Å². The van der Waals surface area contributed by atoms with Gasteiger partial charge in [0.1, 0.15) is 5.75 Å². The molecule has 0 fully saturated rings. The first-order chi connectivity index (χ1) is 12.5. The van der Waals surface area contributed by atoms with Gasteiger partial charge in [-0.3, -0.25) is 10.1 Å². The van der Waals surface area contributed by atoms with Crippen molar-refractivity contribution in [3.63, 3.8) is 0 Å². The number of benzene rings is 1. The molecule has 0 aliphatic carbocycles. The number of amides is 1. The fourth-order valence-corrected chi connectivity index (χ4v) is 5.32. The van der Waals surface area contributed by atoms with Crippen LogP contribution in [0.3, 0.4) is 0 Å². The van der Waals surface area contributed by atoms with Gasteiger partial charge >= 0.3 is 0 Å². The highest BCUT2D eigenvalue weighted by Crippen LogP contribution is 2.33. The van der Waals surface area contributed by atoms with Crippen LogP contribution >= 0.6 is 33.9 Å². The van der Waals surface area contributed by atoms with Crippen molar-refractivity contribution >= 4 is 54.0 Å². The van der Waals surface area contributed by atoms with Crippen molar-refractivity contribution in [2.24, 2.45) is 5.41 Å². The molecule has 2 rings (SSSR count). The Morgan fingerprint density at radius 2 is 1.96 bits per heavy atom. The van der Waals surface area contributed by atoms with Crippen LogP contribution in [0.15, 0.2) is 29.8 Å². The number of nitrogens with one attached hydrogen (secondary N) is 1. The highest BCUT2D eigenvalue weighted by atomic mass is 127. The minimum atomic E-state index is -1.32. The Labute approximate surface area is 180 Å². The highest BCUT2D eigenvalue weighted by molar-refractivity contribution is 14.1. The van der Waals surface area contributed by atoms with Crippen molar-refractivity contribution in [2.75, 3.05) is 5.32 Å². The average molecular weight is 518 g/mol. The molecule has 1 aromatic carbocycles. The van der Waals surface area contributed by atoms with Crippen molar-refractivity contribution in [2.45, 2.75) is 53.0 Å². The molecule has 0 aliphatic heterocycles. The van der Waals surface area contributed by atoms with Crippen molar-refractivity contribution in [3.8, 4) is 5.75 Å². The van der Waals surface area contributed by atoms with Crippen molar-refractivity contribution in [1.82, 2.24) is 4.98 Å². The number of aromatic nitrogens is 1. The Morgan fingerprint density at radius 3 is 2.52 bits per heavy atom. The summed E-state index contributed by atoms with van der Waals surface area (Å²) in [5, 5.41) is 5.21. The van der Waals surface area contributed by atoms with E-state index >= 15 is 0 Å². The Balaban J connectivity index is 2.25. The first-order valence-corrected chi connectivity index (χ1v) is 13.6. The lowest BCUT2D eigenvalue weighted by Gasteiger charge is -2.37. The van der Waals surface area contributed by atoms with Crippen LogP contribution in [0, 0.1) is 8.99 Å². The fourth-order valence-electron chi connectivity index (χ4n) is 3.02. The maximum absolute atomic E-state index is 12.6. The smallest absolute Gasteiger partial charge is 0.257 e. The number of anilines is 1. The molecule has 27 heavy (non-hydrogen) atoms. The van der Waals surface area contributed by atoms with E-state index < -0.39 is 14.8 Å². The van der Waals surface area contributed by atoms with Gasteiger partial charge in [0.15, 0.2) is 20.0 Å². The lowest BCUT2D eigenvalue weighted by Crippen LogP contribution is -2.42. The van der Waals surface area contributed by atoms with E-state index in [-0.39, 0.29) is 11.3 Å². The van der Waals surface area contributed by atoms with Gasteiger partial charge in [0.05, 0.1) is 0 Å². The number of nitrogens with zero attached hydrogens (tertiary/aromatic N) is 1. The van der Waals surface area contributed by atoms with E-state index in [2.05, 4.69) is 66.8 Å². The molecule has 5 nitrogen and oxygen atoms in total. The van der Waals surface area contributed by atoms with Crippen molar-refractivity contribution < 1.29 is 14.0 Å². The van der Waals surface area contributed by atoms with Gasteiger partial charge in [-0.05, 0) is 59.3 Å². The largest absolute Gasteiger partial charge is 0.464 e. The Kier molecular flexibility index (Phi) is 7.45. The lowest BCUT2D eigenvalue weighted by atomic mass is 9.88. The molecule has 0 saturated heterocycles. The van der Waals surface area contributed by atoms with Crippen LogP contribution in [0.2, 0.25) is 13.1 Å². The number of ether oxygens (including phenoxy) is 1. The second kappa shape index (κ2) is 9.02. The fraction of sp³-hybridized carbons (Fsp3) is 0.474. The van der Waals surface area contributed by atoms with Crippen molar-refractivity contribution in [1.29, 1.82) is 0 Å². The molecule has 0 spiro atoms. The van der Waals surface area contributed by atoms with Gasteiger partial charge in [-0.25, -0.2) is 4.98 Å². The van der Waals surface area contributed by atoms with Gasteiger partial charge in [-0.2, -0.15) is 0 Å². The molecule has 1 atom stereocenters. The van der Waals surface area contributed by atoms with Crippen LogP contribution in [0.1, 0.15) is 44.5 Å². The van der Waals surface area contributed by atoms with Crippen LogP contribution in [0.4, 0.5) is 5.13 Å². The van der Waals surface area contributed by atoms with E-state index in [0.29, 0.717) is 16.4 Å². The zero-order valence-electron chi connectivity index (χ0n) is 16.6. The summed E-state index contributed by atoms with van der Waals surface area (Å²) in [6, 6.07) is 5.51. The molecule has 1 unspecified atom stereocenters. The molecule has 8 heteroatoms. The molecule has 0 aliphatic rings. The monoisotopic (exact) mass is 518 g/mol. The van der Waals surface area contributed by atoms with E-state index in [0.717, 1.165) is 9.99 Å². The zero-order valence-corrected chi connectivity index (χ0v) is 20.8. The molecule has 0 radical (unpaired) electrons. The highest BCUT2D eigenvalue weighted by Gasteiger charge is 2.34. The third-order valence-corrected chi connectivity index (χ3v) is 5.74. The lowest BCUT2D eigenvalue weighted by molar-refractivity contribution is -0.124. The number of halogens is 1. The van der Waals surface area contributed by atoms with Crippen LogP contribution in [0.5, 0.6) is 5.75 Å². The Bertz CT molecular complexity index is 778. The normalized spacial score (nSPS) is 14.1.